The number of pyridine rings is 1. The molecule has 0 bridgehead atoms. The smallest absolute Gasteiger partial charge is 0.260 e. The van der Waals surface area contributed by atoms with Crippen LogP contribution < -0.4 is 5.56 Å². The van der Waals surface area contributed by atoms with Gasteiger partial charge in [0, 0.05) is 8.96 Å². The van der Waals surface area contributed by atoms with Crippen LogP contribution >= 0.6 is 34.2 Å². The van der Waals surface area contributed by atoms with Crippen LogP contribution in [-0.4, -0.2) is 10.1 Å². The van der Waals surface area contributed by atoms with Crippen molar-refractivity contribution < 1.29 is 5.11 Å². The molecule has 0 unspecified atom stereocenters. The van der Waals surface area contributed by atoms with Crippen LogP contribution in [0.25, 0.3) is 22.0 Å². The number of nitrogens with one attached hydrogen (secondary N) is 1. The number of aryl methyl sites for hydroxylation is 1. The van der Waals surface area contributed by atoms with E-state index in [1.807, 2.05) is 31.2 Å². The number of benzene rings is 2. The monoisotopic (exact) mass is 411 g/mol. The topological polar surface area (TPSA) is 53.1 Å². The van der Waals surface area contributed by atoms with Crippen molar-refractivity contribution in [3.63, 3.8) is 0 Å². The minimum Gasteiger partial charge on any atom is -0.506 e. The van der Waals surface area contributed by atoms with Crippen molar-refractivity contribution in [1.82, 2.24) is 4.98 Å². The summed E-state index contributed by atoms with van der Waals surface area (Å²) in [5.41, 5.74) is 2.20. The van der Waals surface area contributed by atoms with Crippen molar-refractivity contribution >= 4 is 45.1 Å². The molecule has 0 spiro atoms. The first kappa shape index (κ1) is 14.4. The van der Waals surface area contributed by atoms with Gasteiger partial charge in [0.1, 0.15) is 5.75 Å². The van der Waals surface area contributed by atoms with Gasteiger partial charge in [-0.25, -0.2) is 0 Å². The predicted molar refractivity (Wildman–Crippen MR) is 94.1 cm³/mol. The van der Waals surface area contributed by atoms with E-state index < -0.39 is 0 Å². The van der Waals surface area contributed by atoms with Crippen molar-refractivity contribution in [2.75, 3.05) is 0 Å². The first-order valence-electron chi connectivity index (χ1n) is 6.28. The van der Waals surface area contributed by atoms with E-state index in [2.05, 4.69) is 27.6 Å². The summed E-state index contributed by atoms with van der Waals surface area (Å²) in [4.78, 5) is 15.1. The summed E-state index contributed by atoms with van der Waals surface area (Å²) in [5.74, 6) is -0.0195. The molecule has 3 nitrogen and oxygen atoms in total. The van der Waals surface area contributed by atoms with Gasteiger partial charge in [0.25, 0.3) is 5.56 Å². The number of halogens is 2. The molecule has 0 amide bonds. The van der Waals surface area contributed by atoms with Crippen molar-refractivity contribution in [3.8, 4) is 16.9 Å². The molecule has 0 aliphatic carbocycles. The Kier molecular flexibility index (Phi) is 3.67. The zero-order valence-electron chi connectivity index (χ0n) is 11.1. The lowest BCUT2D eigenvalue weighted by Gasteiger charge is -2.09. The van der Waals surface area contributed by atoms with E-state index in [-0.39, 0.29) is 16.9 Å². The molecular formula is C16H11ClINO2. The molecule has 0 aliphatic heterocycles. The Balaban J connectivity index is 2.39. The van der Waals surface area contributed by atoms with Crippen molar-refractivity contribution in [3.05, 3.63) is 60.9 Å². The quantitative estimate of drug-likeness (QED) is 0.581. The lowest BCUT2D eigenvalue weighted by atomic mass is 10.0. The highest BCUT2D eigenvalue weighted by Gasteiger charge is 2.15. The van der Waals surface area contributed by atoms with Gasteiger partial charge in [-0.2, -0.15) is 0 Å². The summed E-state index contributed by atoms with van der Waals surface area (Å²) in [6, 6.07) is 10.9. The maximum Gasteiger partial charge on any atom is 0.260 e. The van der Waals surface area contributed by atoms with E-state index in [0.717, 1.165) is 9.13 Å². The van der Waals surface area contributed by atoms with E-state index in [1.54, 1.807) is 12.1 Å². The van der Waals surface area contributed by atoms with Gasteiger partial charge in [-0.1, -0.05) is 41.4 Å². The SMILES string of the molecule is Cc1cccc(-c2c(O)c3cc(I)c(Cl)cc3[nH]c2=O)c1. The molecular weight excluding hydrogens is 401 g/mol. The molecule has 1 aromatic heterocycles. The molecule has 0 fully saturated rings. The van der Waals surface area contributed by atoms with Gasteiger partial charge in [0.2, 0.25) is 0 Å². The summed E-state index contributed by atoms with van der Waals surface area (Å²) in [6.07, 6.45) is 0. The average Bonchev–Trinajstić information content (AvgIpc) is 2.41. The number of H-pyrrole nitrogens is 1. The number of hydrogen-bond acceptors (Lipinski definition) is 2. The minimum absolute atomic E-state index is 0.0195. The highest BCUT2D eigenvalue weighted by Crippen LogP contribution is 2.34. The highest BCUT2D eigenvalue weighted by molar-refractivity contribution is 14.1. The Hall–Kier alpha value is -1.53. The lowest BCUT2D eigenvalue weighted by Crippen LogP contribution is -2.09. The minimum atomic E-state index is -0.331. The first-order valence-corrected chi connectivity index (χ1v) is 7.74. The van der Waals surface area contributed by atoms with Gasteiger partial charge in [-0.3, -0.25) is 4.79 Å². The zero-order valence-corrected chi connectivity index (χ0v) is 14.0. The maximum absolute atomic E-state index is 12.3. The Labute approximate surface area is 139 Å². The number of hydrogen-bond donors (Lipinski definition) is 2. The first-order chi connectivity index (χ1) is 9.97. The Morgan fingerprint density at radius 2 is 2.00 bits per heavy atom. The zero-order chi connectivity index (χ0) is 15.1. The third kappa shape index (κ3) is 2.53. The summed E-state index contributed by atoms with van der Waals surface area (Å²) in [7, 11) is 0. The molecule has 3 rings (SSSR count). The van der Waals surface area contributed by atoms with Crippen molar-refractivity contribution in [2.24, 2.45) is 0 Å². The van der Waals surface area contributed by atoms with Gasteiger partial charge in [0.05, 0.1) is 16.1 Å². The number of fused-ring (bicyclic) bond motifs is 1. The van der Waals surface area contributed by atoms with E-state index in [0.29, 0.717) is 21.5 Å². The molecule has 0 radical (unpaired) electrons. The predicted octanol–water partition coefficient (Wildman–Crippen LogP) is 4.47. The van der Waals surface area contributed by atoms with Gasteiger partial charge in [-0.05, 0) is 47.2 Å². The number of aromatic hydroxyl groups is 1. The maximum atomic E-state index is 12.3. The van der Waals surface area contributed by atoms with Gasteiger partial charge in [-0.15, -0.1) is 0 Å². The van der Waals surface area contributed by atoms with E-state index in [9.17, 15) is 9.90 Å². The Bertz CT molecular complexity index is 918. The van der Waals surface area contributed by atoms with Crippen LogP contribution in [0.4, 0.5) is 0 Å². The largest absolute Gasteiger partial charge is 0.506 e. The third-order valence-electron chi connectivity index (χ3n) is 3.33. The Morgan fingerprint density at radius 1 is 1.24 bits per heavy atom. The molecule has 0 saturated heterocycles. The molecule has 106 valence electrons. The van der Waals surface area contributed by atoms with Crippen LogP contribution in [0.1, 0.15) is 5.56 Å². The summed E-state index contributed by atoms with van der Waals surface area (Å²) >= 11 is 8.15. The lowest BCUT2D eigenvalue weighted by molar-refractivity contribution is 0.482. The summed E-state index contributed by atoms with van der Waals surface area (Å²) in [5, 5.41) is 11.6. The second kappa shape index (κ2) is 5.35. The normalized spacial score (nSPS) is 11.0. The summed E-state index contributed by atoms with van der Waals surface area (Å²) < 4.78 is 0.819. The van der Waals surface area contributed by atoms with E-state index >= 15 is 0 Å². The van der Waals surface area contributed by atoms with Crippen LogP contribution in [0.5, 0.6) is 5.75 Å². The summed E-state index contributed by atoms with van der Waals surface area (Å²) in [6.45, 7) is 1.94. The second-order valence-corrected chi connectivity index (χ2v) is 6.43. The second-order valence-electron chi connectivity index (χ2n) is 4.86. The average molecular weight is 412 g/mol. The van der Waals surface area contributed by atoms with Crippen molar-refractivity contribution in [2.45, 2.75) is 6.92 Å². The molecule has 5 heteroatoms. The fourth-order valence-electron chi connectivity index (χ4n) is 2.34. The van der Waals surface area contributed by atoms with Gasteiger partial charge < -0.3 is 10.1 Å². The van der Waals surface area contributed by atoms with Crippen molar-refractivity contribution in [1.29, 1.82) is 0 Å². The van der Waals surface area contributed by atoms with E-state index in [1.165, 1.54) is 0 Å². The molecule has 1 heterocycles. The molecule has 2 aromatic carbocycles. The fourth-order valence-corrected chi connectivity index (χ4v) is 2.97. The molecule has 0 aliphatic rings. The fraction of sp³-hybridized carbons (Fsp3) is 0.0625. The molecule has 0 atom stereocenters. The Morgan fingerprint density at radius 3 is 2.71 bits per heavy atom. The third-order valence-corrected chi connectivity index (χ3v) is 4.86. The van der Waals surface area contributed by atoms with Crippen LogP contribution in [0.15, 0.2) is 41.2 Å². The van der Waals surface area contributed by atoms with Crippen LogP contribution in [0.2, 0.25) is 5.02 Å². The molecule has 2 N–H and O–H groups in total. The number of rotatable bonds is 1. The van der Waals surface area contributed by atoms with Gasteiger partial charge in [0.15, 0.2) is 0 Å². The van der Waals surface area contributed by atoms with Crippen LogP contribution in [0.3, 0.4) is 0 Å². The van der Waals surface area contributed by atoms with Crippen LogP contribution in [0, 0.1) is 10.5 Å². The molecule has 21 heavy (non-hydrogen) atoms. The standard InChI is InChI=1S/C16H11ClINO2/c1-8-3-2-4-9(5-8)14-15(20)10-6-12(18)11(17)7-13(10)19-16(14)21/h2-7H,1H3,(H2,19,20,21). The number of aromatic nitrogens is 1. The molecule has 0 saturated carbocycles. The van der Waals surface area contributed by atoms with E-state index in [4.69, 9.17) is 11.6 Å². The highest BCUT2D eigenvalue weighted by atomic mass is 127. The van der Waals surface area contributed by atoms with Crippen LogP contribution in [-0.2, 0) is 0 Å². The number of aromatic amines is 1. The van der Waals surface area contributed by atoms with Gasteiger partial charge >= 0.3 is 0 Å². The molecule has 3 aromatic rings.